The Bertz CT molecular complexity index is 1510. The molecule has 4 nitrogen and oxygen atoms in total. The molecule has 3 atom stereocenters. The van der Waals surface area contributed by atoms with Crippen molar-refractivity contribution < 1.29 is 9.90 Å². The minimum atomic E-state index is -1.23. The lowest BCUT2D eigenvalue weighted by molar-refractivity contribution is 0.0959. The summed E-state index contributed by atoms with van der Waals surface area (Å²) in [5.41, 5.74) is 4.11. The first-order valence-corrected chi connectivity index (χ1v) is 13.6. The number of anilines is 2. The molecule has 0 fully saturated rings. The quantitative estimate of drug-likeness (QED) is 0.321. The zero-order valence-corrected chi connectivity index (χ0v) is 20.8. The smallest absolute Gasteiger partial charge is 0.210 e. The van der Waals surface area contributed by atoms with Crippen LogP contribution in [0.3, 0.4) is 0 Å². The highest BCUT2D eigenvalue weighted by Crippen LogP contribution is 2.60. The van der Waals surface area contributed by atoms with Crippen LogP contribution in [0.2, 0.25) is 0 Å². The summed E-state index contributed by atoms with van der Waals surface area (Å²) in [5.74, 6) is -0.0321. The van der Waals surface area contributed by atoms with Gasteiger partial charge in [-0.2, -0.15) is 0 Å². The topological polar surface area (TPSA) is 43.8 Å². The van der Waals surface area contributed by atoms with Crippen LogP contribution in [0.1, 0.15) is 15.9 Å². The van der Waals surface area contributed by atoms with Crippen molar-refractivity contribution in [2.45, 2.75) is 26.1 Å². The van der Waals surface area contributed by atoms with Gasteiger partial charge in [-0.25, -0.2) is 0 Å². The highest BCUT2D eigenvalue weighted by molar-refractivity contribution is 8.01. The fraction of sp³-hybridized carbons (Fsp3) is 0.100. The molecule has 36 heavy (non-hydrogen) atoms. The van der Waals surface area contributed by atoms with Crippen LogP contribution in [-0.4, -0.2) is 22.3 Å². The van der Waals surface area contributed by atoms with E-state index in [9.17, 15) is 9.90 Å². The van der Waals surface area contributed by atoms with Crippen LogP contribution in [0, 0.1) is 0 Å². The molecule has 1 N–H and O–H groups in total. The molecule has 4 aromatic carbocycles. The lowest BCUT2D eigenvalue weighted by Gasteiger charge is -2.53. The number of nitrogens with zero attached hydrogens (tertiary/aromatic N) is 2. The van der Waals surface area contributed by atoms with Crippen molar-refractivity contribution in [3.05, 3.63) is 132 Å². The van der Waals surface area contributed by atoms with E-state index in [0.29, 0.717) is 11.3 Å². The number of benzene rings is 4. The number of allylic oxidation sites excluding steroid dienone is 1. The maximum atomic E-state index is 14.0. The van der Waals surface area contributed by atoms with Crippen molar-refractivity contribution in [2.75, 3.05) is 9.80 Å². The van der Waals surface area contributed by atoms with E-state index in [4.69, 9.17) is 0 Å². The van der Waals surface area contributed by atoms with Crippen LogP contribution in [-0.2, 0) is 4.93 Å². The van der Waals surface area contributed by atoms with E-state index < -0.39 is 4.93 Å². The average Bonchev–Trinajstić information content (AvgIpc) is 3.32. The van der Waals surface area contributed by atoms with E-state index in [0.717, 1.165) is 26.7 Å². The van der Waals surface area contributed by atoms with Crippen LogP contribution in [0.25, 0.3) is 0 Å². The first kappa shape index (κ1) is 21.8. The van der Waals surface area contributed by atoms with Crippen molar-refractivity contribution >= 4 is 40.7 Å². The molecule has 4 aromatic rings. The molecule has 0 aliphatic carbocycles. The largest absolute Gasteiger partial charge is 0.373 e. The van der Waals surface area contributed by atoms with Gasteiger partial charge in [0.05, 0.1) is 11.4 Å². The molecular formula is C30H22N2O2S2. The van der Waals surface area contributed by atoms with E-state index in [1.54, 1.807) is 11.8 Å². The molecule has 3 aliphatic heterocycles. The highest BCUT2D eigenvalue weighted by atomic mass is 32.2. The van der Waals surface area contributed by atoms with Gasteiger partial charge in [-0.1, -0.05) is 108 Å². The van der Waals surface area contributed by atoms with Gasteiger partial charge < -0.3 is 14.9 Å². The molecule has 0 saturated carbocycles. The molecule has 0 radical (unpaired) electrons. The molecule has 6 heteroatoms. The third-order valence-corrected chi connectivity index (χ3v) is 9.65. The predicted molar refractivity (Wildman–Crippen MR) is 146 cm³/mol. The first-order chi connectivity index (χ1) is 17.6. The van der Waals surface area contributed by atoms with Gasteiger partial charge in [-0.05, 0) is 29.8 Å². The lowest BCUT2D eigenvalue weighted by atomic mass is 9.94. The second-order valence-corrected chi connectivity index (χ2v) is 11.5. The Morgan fingerprint density at radius 3 is 2.11 bits per heavy atom. The number of rotatable bonds is 3. The lowest BCUT2D eigenvalue weighted by Crippen LogP contribution is -2.62. The molecule has 0 saturated heterocycles. The van der Waals surface area contributed by atoms with Gasteiger partial charge in [0.15, 0.2) is 4.93 Å². The maximum Gasteiger partial charge on any atom is 0.210 e. The van der Waals surface area contributed by atoms with Crippen LogP contribution in [0.5, 0.6) is 0 Å². The summed E-state index contributed by atoms with van der Waals surface area (Å²) in [6.45, 7) is 0. The average molecular weight is 507 g/mol. The Morgan fingerprint density at radius 1 is 0.750 bits per heavy atom. The Hall–Kier alpha value is -3.45. The van der Waals surface area contributed by atoms with E-state index in [1.165, 1.54) is 11.8 Å². The van der Waals surface area contributed by atoms with E-state index in [-0.39, 0.29) is 17.2 Å². The summed E-state index contributed by atoms with van der Waals surface area (Å²) in [6, 6.07) is 35.3. The molecule has 3 heterocycles. The standard InChI is InChI=1S/C30H22N2O2S2/c33-27(20-11-3-1-4-12-20)24-19-31-22-15-7-10-18-26(22)36-30(34,21-13-5-2-6-14-21)28(31)29-32(24)23-16-8-9-17-25(23)35-29/h1-19,28-29,34H/t28-,29+,30+/m0/s1. The van der Waals surface area contributed by atoms with Gasteiger partial charge in [0.2, 0.25) is 5.78 Å². The van der Waals surface area contributed by atoms with Crippen LogP contribution >= 0.6 is 23.5 Å². The zero-order valence-electron chi connectivity index (χ0n) is 19.2. The minimum absolute atomic E-state index is 0.0321. The molecule has 7 rings (SSSR count). The Kier molecular flexibility index (Phi) is 5.03. The SMILES string of the molecule is O=C(C1=CN2c3ccccc3S[C@](O)(c3ccccc3)[C@@H]2[C@H]2Sc3ccccc3N12)c1ccccc1. The highest BCUT2D eigenvalue weighted by Gasteiger charge is 2.57. The van der Waals surface area contributed by atoms with Gasteiger partial charge in [0, 0.05) is 21.6 Å². The van der Waals surface area contributed by atoms with Gasteiger partial charge in [-0.3, -0.25) is 4.79 Å². The molecular weight excluding hydrogens is 484 g/mol. The molecule has 0 bridgehead atoms. The number of thioether (sulfide) groups is 2. The number of carbonyl (C=O) groups excluding carboxylic acids is 1. The van der Waals surface area contributed by atoms with Crippen molar-refractivity contribution in [1.29, 1.82) is 0 Å². The Labute approximate surface area is 218 Å². The van der Waals surface area contributed by atoms with Crippen molar-refractivity contribution in [3.8, 4) is 0 Å². The molecule has 0 amide bonds. The maximum absolute atomic E-state index is 14.0. The number of hydrogen-bond acceptors (Lipinski definition) is 6. The summed E-state index contributed by atoms with van der Waals surface area (Å²) in [5, 5.41) is 12.3. The van der Waals surface area contributed by atoms with Crippen LogP contribution in [0.15, 0.2) is 131 Å². The van der Waals surface area contributed by atoms with Crippen molar-refractivity contribution in [2.24, 2.45) is 0 Å². The second kappa shape index (κ2) is 8.30. The molecule has 176 valence electrons. The second-order valence-electron chi connectivity index (χ2n) is 9.04. The fourth-order valence-electron chi connectivity index (χ4n) is 5.36. The Balaban J connectivity index is 1.48. The number of para-hydroxylation sites is 2. The summed E-state index contributed by atoms with van der Waals surface area (Å²) in [6.07, 6.45) is 1.95. The third kappa shape index (κ3) is 3.18. The van der Waals surface area contributed by atoms with Gasteiger partial charge in [0.25, 0.3) is 0 Å². The number of aliphatic hydroxyl groups is 1. The van der Waals surface area contributed by atoms with Gasteiger partial charge in [0.1, 0.15) is 17.1 Å². The van der Waals surface area contributed by atoms with Crippen molar-refractivity contribution in [3.63, 3.8) is 0 Å². The van der Waals surface area contributed by atoms with Gasteiger partial charge in [-0.15, -0.1) is 0 Å². The Morgan fingerprint density at radius 2 is 1.36 bits per heavy atom. The van der Waals surface area contributed by atoms with Gasteiger partial charge >= 0.3 is 0 Å². The van der Waals surface area contributed by atoms with Crippen LogP contribution in [0.4, 0.5) is 11.4 Å². The molecule has 0 unspecified atom stereocenters. The third-order valence-electron chi connectivity index (χ3n) is 6.98. The minimum Gasteiger partial charge on any atom is -0.373 e. The van der Waals surface area contributed by atoms with E-state index >= 15 is 0 Å². The first-order valence-electron chi connectivity index (χ1n) is 11.9. The van der Waals surface area contributed by atoms with Crippen molar-refractivity contribution in [1.82, 2.24) is 0 Å². The number of fused-ring (bicyclic) bond motifs is 7. The fourth-order valence-corrected chi connectivity index (χ4v) is 8.32. The molecule has 0 aromatic heterocycles. The molecule has 3 aliphatic rings. The summed E-state index contributed by atoms with van der Waals surface area (Å²) < 4.78 is 0. The number of carbonyl (C=O) groups is 1. The summed E-state index contributed by atoms with van der Waals surface area (Å²) in [7, 11) is 0. The monoisotopic (exact) mass is 506 g/mol. The number of hydrogen-bond donors (Lipinski definition) is 1. The predicted octanol–water partition coefficient (Wildman–Crippen LogP) is 6.49. The summed E-state index contributed by atoms with van der Waals surface area (Å²) >= 11 is 3.20. The summed E-state index contributed by atoms with van der Waals surface area (Å²) in [4.78, 5) is 19.1. The number of Topliss-reactive ketones (excluding diaryl/α,β-unsaturated/α-hetero) is 1. The number of ketones is 1. The van der Waals surface area contributed by atoms with Crippen LogP contribution < -0.4 is 9.80 Å². The normalized spacial score (nSPS) is 23.8. The molecule has 0 spiro atoms. The van der Waals surface area contributed by atoms with E-state index in [1.807, 2.05) is 97.2 Å². The zero-order chi connectivity index (χ0) is 24.3. The van der Waals surface area contributed by atoms with E-state index in [2.05, 4.69) is 28.0 Å².